The zero-order valence-electron chi connectivity index (χ0n) is 16.9. The zero-order chi connectivity index (χ0) is 20.6. The van der Waals surface area contributed by atoms with Gasteiger partial charge in [0.25, 0.3) is 0 Å². The minimum atomic E-state index is -0.230. The number of hydrazone groups is 1. The van der Waals surface area contributed by atoms with Crippen LogP contribution in [0.3, 0.4) is 0 Å². The maximum Gasteiger partial charge on any atom is 0.187 e. The van der Waals surface area contributed by atoms with E-state index < -0.39 is 0 Å². The molecule has 1 aromatic heterocycles. The molecule has 7 nitrogen and oxygen atoms in total. The molecule has 0 unspecified atom stereocenters. The fraction of sp³-hybridized carbons (Fsp3) is 0.381. The number of thiocarbonyl (C=S) groups is 1. The van der Waals surface area contributed by atoms with E-state index in [0.717, 1.165) is 32.5 Å². The van der Waals surface area contributed by atoms with Crippen molar-refractivity contribution in [2.45, 2.75) is 39.0 Å². The number of piperidine rings is 1. The van der Waals surface area contributed by atoms with Crippen molar-refractivity contribution in [3.63, 3.8) is 0 Å². The quantitative estimate of drug-likeness (QED) is 0.306. The maximum absolute atomic E-state index is 10.1. The van der Waals surface area contributed by atoms with Crippen LogP contribution >= 0.6 is 24.6 Å². The number of halogens is 1. The van der Waals surface area contributed by atoms with Crippen LogP contribution in [0.2, 0.25) is 0 Å². The van der Waals surface area contributed by atoms with Crippen molar-refractivity contribution < 1.29 is 10.2 Å². The third-order valence-corrected chi connectivity index (χ3v) is 5.27. The van der Waals surface area contributed by atoms with Gasteiger partial charge >= 0.3 is 0 Å². The maximum atomic E-state index is 10.1. The molecular weight excluding hydrogens is 422 g/mol. The van der Waals surface area contributed by atoms with E-state index in [1.807, 2.05) is 6.07 Å². The highest BCUT2D eigenvalue weighted by atomic mass is 35.5. The van der Waals surface area contributed by atoms with Crippen LogP contribution in [0.5, 0.6) is 5.75 Å². The summed E-state index contributed by atoms with van der Waals surface area (Å²) in [6.07, 6.45) is 5.00. The number of aryl methyl sites for hydroxylation is 1. The van der Waals surface area contributed by atoms with Crippen LogP contribution in [0, 0.1) is 6.92 Å². The van der Waals surface area contributed by atoms with Crippen LogP contribution in [0.4, 0.5) is 0 Å². The Morgan fingerprint density at radius 3 is 2.67 bits per heavy atom. The smallest absolute Gasteiger partial charge is 0.187 e. The molecule has 162 valence electrons. The van der Waals surface area contributed by atoms with Gasteiger partial charge in [0.1, 0.15) is 5.75 Å². The fourth-order valence-electron chi connectivity index (χ4n) is 3.37. The average Bonchev–Trinajstić information content (AvgIpc) is 2.73. The van der Waals surface area contributed by atoms with Gasteiger partial charge in [-0.15, -0.1) is 12.4 Å². The first-order chi connectivity index (χ1) is 14.1. The van der Waals surface area contributed by atoms with Gasteiger partial charge in [-0.05, 0) is 37.5 Å². The van der Waals surface area contributed by atoms with Gasteiger partial charge in [-0.3, -0.25) is 15.3 Å². The highest BCUT2D eigenvalue weighted by Crippen LogP contribution is 2.21. The molecule has 0 spiro atoms. The normalized spacial score (nSPS) is 15.0. The molecule has 30 heavy (non-hydrogen) atoms. The summed E-state index contributed by atoms with van der Waals surface area (Å²) in [5, 5.41) is 27.4. The summed E-state index contributed by atoms with van der Waals surface area (Å²) in [6.45, 7) is 4.47. The number of aromatic hydroxyl groups is 1. The number of pyridine rings is 1. The number of likely N-dealkylation sites (tertiary alicyclic amines) is 1. The van der Waals surface area contributed by atoms with Gasteiger partial charge in [-0.25, -0.2) is 0 Å². The van der Waals surface area contributed by atoms with Crippen molar-refractivity contribution in [1.82, 2.24) is 20.6 Å². The molecule has 0 atom stereocenters. The monoisotopic (exact) mass is 449 g/mol. The van der Waals surface area contributed by atoms with E-state index in [4.69, 9.17) is 12.2 Å². The number of nitrogens with one attached hydrogen (secondary N) is 2. The molecule has 2 aromatic rings. The molecule has 0 amide bonds. The van der Waals surface area contributed by atoms with Gasteiger partial charge in [0.2, 0.25) is 0 Å². The molecule has 0 radical (unpaired) electrons. The van der Waals surface area contributed by atoms with E-state index in [0.29, 0.717) is 28.0 Å². The molecule has 1 aliphatic rings. The van der Waals surface area contributed by atoms with Crippen LogP contribution in [-0.4, -0.2) is 50.6 Å². The second kappa shape index (κ2) is 11.8. The Labute approximate surface area is 188 Å². The summed E-state index contributed by atoms with van der Waals surface area (Å²) in [6, 6.07) is 10.8. The Hall–Kier alpha value is -2.26. The predicted molar refractivity (Wildman–Crippen MR) is 125 cm³/mol. The zero-order valence-corrected chi connectivity index (χ0v) is 18.5. The molecule has 0 bridgehead atoms. The summed E-state index contributed by atoms with van der Waals surface area (Å²) >= 11 is 5.33. The van der Waals surface area contributed by atoms with Crippen molar-refractivity contribution in [2.24, 2.45) is 5.10 Å². The molecule has 3 rings (SSSR count). The first-order valence-electron chi connectivity index (χ1n) is 9.71. The first-order valence-corrected chi connectivity index (χ1v) is 10.1. The predicted octanol–water partition coefficient (Wildman–Crippen LogP) is 2.47. The molecule has 9 heteroatoms. The summed E-state index contributed by atoms with van der Waals surface area (Å²) in [5.41, 5.74) is 5.54. The van der Waals surface area contributed by atoms with Gasteiger partial charge in [-0.1, -0.05) is 30.3 Å². The largest absolute Gasteiger partial charge is 0.505 e. The molecule has 1 aliphatic heterocycles. The number of rotatable bonds is 6. The summed E-state index contributed by atoms with van der Waals surface area (Å²) in [7, 11) is 0. The minimum Gasteiger partial charge on any atom is -0.505 e. The fourth-order valence-corrected chi connectivity index (χ4v) is 3.59. The van der Waals surface area contributed by atoms with E-state index in [-0.39, 0.29) is 24.8 Å². The topological polar surface area (TPSA) is 93.0 Å². The highest BCUT2D eigenvalue weighted by Gasteiger charge is 2.19. The molecule has 0 aliphatic carbocycles. The Morgan fingerprint density at radius 1 is 1.30 bits per heavy atom. The lowest BCUT2D eigenvalue weighted by atomic mass is 10.0. The Balaban J connectivity index is 0.00000320. The second-order valence-corrected chi connectivity index (χ2v) is 7.58. The van der Waals surface area contributed by atoms with Gasteiger partial charge < -0.3 is 15.5 Å². The Morgan fingerprint density at radius 2 is 2.00 bits per heavy atom. The number of nitrogens with zero attached hydrogens (tertiary/aromatic N) is 3. The van der Waals surface area contributed by atoms with Crippen molar-refractivity contribution in [3.05, 3.63) is 58.9 Å². The summed E-state index contributed by atoms with van der Waals surface area (Å²) < 4.78 is 0. The lowest BCUT2D eigenvalue weighted by Gasteiger charge is -2.32. The Kier molecular flexibility index (Phi) is 9.45. The first kappa shape index (κ1) is 24.0. The molecule has 4 N–H and O–H groups in total. The van der Waals surface area contributed by atoms with E-state index >= 15 is 0 Å². The van der Waals surface area contributed by atoms with Gasteiger partial charge in [0.15, 0.2) is 5.11 Å². The van der Waals surface area contributed by atoms with E-state index in [9.17, 15) is 10.2 Å². The van der Waals surface area contributed by atoms with E-state index in [1.165, 1.54) is 18.0 Å². The average molecular weight is 450 g/mol. The number of hydrogen-bond donors (Lipinski definition) is 4. The number of aromatic nitrogens is 1. The lowest BCUT2D eigenvalue weighted by molar-refractivity contribution is 0.199. The molecule has 2 heterocycles. The molecular formula is C21H28ClN5O2S. The third kappa shape index (κ3) is 6.63. The van der Waals surface area contributed by atoms with Crippen molar-refractivity contribution in [1.29, 1.82) is 0 Å². The third-order valence-electron chi connectivity index (χ3n) is 5.06. The number of aliphatic hydroxyl groups excluding tert-OH is 1. The van der Waals surface area contributed by atoms with Crippen LogP contribution in [-0.2, 0) is 13.2 Å². The summed E-state index contributed by atoms with van der Waals surface area (Å²) in [4.78, 5) is 6.48. The van der Waals surface area contributed by atoms with E-state index in [1.54, 1.807) is 6.92 Å². The highest BCUT2D eigenvalue weighted by molar-refractivity contribution is 7.80. The van der Waals surface area contributed by atoms with Crippen molar-refractivity contribution >= 4 is 36.0 Å². The number of aliphatic hydroxyl groups is 1. The van der Waals surface area contributed by atoms with Crippen LogP contribution in [0.1, 0.15) is 35.2 Å². The molecule has 1 fully saturated rings. The lowest BCUT2D eigenvalue weighted by Crippen LogP contribution is -2.46. The van der Waals surface area contributed by atoms with Gasteiger partial charge in [-0.2, -0.15) is 5.10 Å². The van der Waals surface area contributed by atoms with Crippen molar-refractivity contribution in [2.75, 3.05) is 13.1 Å². The molecule has 1 saturated heterocycles. The van der Waals surface area contributed by atoms with Gasteiger partial charge in [0.05, 0.1) is 18.5 Å². The van der Waals surface area contributed by atoms with Crippen LogP contribution in [0.25, 0.3) is 0 Å². The number of hydrogen-bond acceptors (Lipinski definition) is 6. The molecule has 1 aromatic carbocycles. The van der Waals surface area contributed by atoms with Gasteiger partial charge in [0, 0.05) is 43.0 Å². The van der Waals surface area contributed by atoms with E-state index in [2.05, 4.69) is 50.0 Å². The van der Waals surface area contributed by atoms with Crippen molar-refractivity contribution in [3.8, 4) is 5.75 Å². The molecule has 0 saturated carbocycles. The van der Waals surface area contributed by atoms with Crippen LogP contribution < -0.4 is 10.7 Å². The summed E-state index contributed by atoms with van der Waals surface area (Å²) in [5.74, 6) is 0.00626. The SMILES string of the molecule is Cc1ncc(CO)c(/C=N/NC(=S)NC2CCN(Cc3ccccc3)CC2)c1O.Cl. The Bertz CT molecular complexity index is 858. The van der Waals surface area contributed by atoms with Crippen LogP contribution in [0.15, 0.2) is 41.6 Å². The standard InChI is InChI=1S/C21H27N5O2S.ClH/c1-15-20(28)19(17(14-27)11-22-15)12-23-25-21(29)24-18-7-9-26(10-8-18)13-16-5-3-2-4-6-16;/h2-6,11-12,18,27-28H,7-10,13-14H2,1H3,(H2,24,25,29);1H/b23-12+;. The number of benzene rings is 1. The second-order valence-electron chi connectivity index (χ2n) is 7.17. The minimum absolute atomic E-state index is 0.